The number of rotatable bonds is 8. The highest BCUT2D eigenvalue weighted by atomic mass is 19.1. The predicted octanol–water partition coefficient (Wildman–Crippen LogP) is 5.07. The van der Waals surface area contributed by atoms with Crippen molar-refractivity contribution in [2.75, 3.05) is 6.61 Å². The molecule has 0 aliphatic heterocycles. The summed E-state index contributed by atoms with van der Waals surface area (Å²) in [6, 6.07) is 0. The van der Waals surface area contributed by atoms with Gasteiger partial charge in [-0.05, 0) is 81.8 Å². The number of ether oxygens (including phenoxy) is 1. The Morgan fingerprint density at radius 2 is 1.88 bits per heavy atom. The number of esters is 1. The summed E-state index contributed by atoms with van der Waals surface area (Å²) in [5.74, 6) is -2.39. The number of allylic oxidation sites excluding steroid dienone is 4. The number of aliphatic hydroxyl groups excluding tert-OH is 1. The van der Waals surface area contributed by atoms with Crippen LogP contribution in [0.25, 0.3) is 0 Å². The maximum atomic E-state index is 17.5. The van der Waals surface area contributed by atoms with E-state index in [2.05, 4.69) is 0 Å². The lowest BCUT2D eigenvalue weighted by Gasteiger charge is -2.57. The van der Waals surface area contributed by atoms with Gasteiger partial charge in [0, 0.05) is 29.6 Å². The third-order valence-electron chi connectivity index (χ3n) is 11.3. The molecule has 3 fully saturated rings. The molecule has 0 spiro atoms. The number of halogens is 1. The van der Waals surface area contributed by atoms with Crippen LogP contribution in [-0.2, 0) is 19.1 Å². The summed E-state index contributed by atoms with van der Waals surface area (Å²) in [6.07, 6.45) is 7.14. The van der Waals surface area contributed by atoms with E-state index in [-0.39, 0.29) is 36.4 Å². The summed E-state index contributed by atoms with van der Waals surface area (Å²) >= 11 is 0. The summed E-state index contributed by atoms with van der Waals surface area (Å²) in [5.41, 5.74) is -5.00. The Balaban J connectivity index is 1.55. The van der Waals surface area contributed by atoms with Gasteiger partial charge in [-0.1, -0.05) is 39.3 Å². The molecule has 7 nitrogen and oxygen atoms in total. The van der Waals surface area contributed by atoms with E-state index in [1.807, 2.05) is 0 Å². The van der Waals surface area contributed by atoms with E-state index in [9.17, 15) is 24.6 Å². The van der Waals surface area contributed by atoms with Gasteiger partial charge >= 0.3 is 5.97 Å². The van der Waals surface area contributed by atoms with Crippen molar-refractivity contribution < 1.29 is 33.7 Å². The summed E-state index contributed by atoms with van der Waals surface area (Å²) < 4.78 is 22.8. The molecule has 0 radical (unpaired) electrons. The van der Waals surface area contributed by atoms with E-state index in [0.29, 0.717) is 50.7 Å². The largest absolute Gasteiger partial charge is 0.458 e. The Kier molecular flexibility index (Phi) is 8.38. The Hall–Kier alpha value is -2.19. The lowest BCUT2D eigenvalue weighted by Crippen LogP contribution is -2.64. The van der Waals surface area contributed by atoms with Gasteiger partial charge in [0.2, 0.25) is 5.78 Å². The van der Waals surface area contributed by atoms with E-state index in [0.717, 1.165) is 5.57 Å². The van der Waals surface area contributed by atoms with Crippen LogP contribution in [0.2, 0.25) is 0 Å². The summed E-state index contributed by atoms with van der Waals surface area (Å²) in [7, 11) is 0. The highest BCUT2D eigenvalue weighted by Gasteiger charge is 2.69. The van der Waals surface area contributed by atoms with Crippen molar-refractivity contribution in [2.45, 2.75) is 110 Å². The highest BCUT2D eigenvalue weighted by Crippen LogP contribution is 2.65. The number of hydrogen-bond acceptors (Lipinski definition) is 7. The van der Waals surface area contributed by atoms with E-state index in [1.165, 1.54) is 0 Å². The second-order valence-electron chi connectivity index (χ2n) is 13.3. The molecule has 0 saturated heterocycles. The minimum absolute atomic E-state index is 0.00203. The smallest absolute Gasteiger partial charge is 0.306 e. The van der Waals surface area contributed by atoms with Gasteiger partial charge < -0.3 is 20.4 Å². The summed E-state index contributed by atoms with van der Waals surface area (Å²) in [5, 5.41) is 31.9. The minimum atomic E-state index is -2.02. The van der Waals surface area contributed by atoms with Gasteiger partial charge in [-0.2, -0.15) is 0 Å². The van der Waals surface area contributed by atoms with Crippen LogP contribution < -0.4 is 0 Å². The van der Waals surface area contributed by atoms with E-state index in [4.69, 9.17) is 10.1 Å². The van der Waals surface area contributed by atoms with Crippen LogP contribution in [0, 0.1) is 39.9 Å². The van der Waals surface area contributed by atoms with Gasteiger partial charge in [-0.25, -0.2) is 4.39 Å². The van der Waals surface area contributed by atoms with Gasteiger partial charge in [0.1, 0.15) is 11.4 Å². The van der Waals surface area contributed by atoms with Gasteiger partial charge in [-0.3, -0.25) is 14.4 Å². The van der Waals surface area contributed by atoms with Crippen molar-refractivity contribution in [3.8, 4) is 0 Å². The molecule has 40 heavy (non-hydrogen) atoms. The fourth-order valence-corrected chi connectivity index (χ4v) is 8.60. The maximum Gasteiger partial charge on any atom is 0.306 e. The quantitative estimate of drug-likeness (QED) is 0.357. The second-order valence-corrected chi connectivity index (χ2v) is 13.3. The first-order chi connectivity index (χ1) is 18.6. The second kappa shape index (κ2) is 10.9. The molecular formula is C32H46FNO6. The molecule has 0 amide bonds. The summed E-state index contributed by atoms with van der Waals surface area (Å²) in [6.45, 7) is 8.30. The van der Waals surface area contributed by atoms with Gasteiger partial charge in [0.15, 0.2) is 12.3 Å². The Labute approximate surface area is 237 Å². The fraction of sp³-hybridized carbons (Fsp3) is 0.750. The molecule has 3 saturated carbocycles. The zero-order valence-corrected chi connectivity index (χ0v) is 24.6. The van der Waals surface area contributed by atoms with Crippen LogP contribution in [0.15, 0.2) is 23.8 Å². The van der Waals surface area contributed by atoms with E-state index < -0.39 is 52.5 Å². The monoisotopic (exact) mass is 559 g/mol. The fourth-order valence-electron chi connectivity index (χ4n) is 8.60. The predicted molar refractivity (Wildman–Crippen MR) is 149 cm³/mol. The molecule has 222 valence electrons. The van der Waals surface area contributed by atoms with Gasteiger partial charge in [0.05, 0.1) is 11.8 Å². The SMILES string of the molecule is CCC(=O)C(C)CCC(=O)OCC(=O)[C@@]1(O)[C@H](C)C[C@H]2CC[C@H]3CCC4=CC(=N)C=C[C@]4(C)[C@@]3(F)[C@@H](O)C[C@@]21C. The molecule has 0 aromatic carbocycles. The number of nitrogens with one attached hydrogen (secondary N) is 1. The van der Waals surface area contributed by atoms with Crippen LogP contribution in [0.1, 0.15) is 92.4 Å². The number of carbonyl (C=O) groups is 3. The van der Waals surface area contributed by atoms with E-state index in [1.54, 1.807) is 52.8 Å². The minimum Gasteiger partial charge on any atom is -0.458 e. The molecule has 8 heteroatoms. The van der Waals surface area contributed by atoms with Crippen LogP contribution >= 0.6 is 0 Å². The highest BCUT2D eigenvalue weighted by molar-refractivity contribution is 6.03. The molecule has 0 aromatic heterocycles. The van der Waals surface area contributed by atoms with Crippen molar-refractivity contribution in [2.24, 2.45) is 34.5 Å². The number of ketones is 2. The third kappa shape index (κ3) is 4.63. The number of fused-ring (bicyclic) bond motifs is 4. The Morgan fingerprint density at radius 1 is 1.20 bits per heavy atom. The molecule has 4 rings (SSSR count). The number of carbonyl (C=O) groups excluding carboxylic acids is 3. The Morgan fingerprint density at radius 3 is 2.55 bits per heavy atom. The third-order valence-corrected chi connectivity index (χ3v) is 11.3. The molecule has 0 bridgehead atoms. The zero-order chi connectivity index (χ0) is 29.7. The molecule has 1 unspecified atom stereocenters. The van der Waals surface area contributed by atoms with Crippen LogP contribution in [0.4, 0.5) is 4.39 Å². The zero-order valence-electron chi connectivity index (χ0n) is 24.6. The number of alkyl halides is 1. The van der Waals surface area contributed by atoms with Gasteiger partial charge in [-0.15, -0.1) is 0 Å². The molecular weight excluding hydrogens is 513 g/mol. The lowest BCUT2D eigenvalue weighted by molar-refractivity contribution is -0.186. The van der Waals surface area contributed by atoms with Crippen molar-refractivity contribution in [3.63, 3.8) is 0 Å². The molecule has 4 aliphatic carbocycles. The average Bonchev–Trinajstić information content (AvgIpc) is 3.10. The van der Waals surface area contributed by atoms with Crippen molar-refractivity contribution in [3.05, 3.63) is 23.8 Å². The van der Waals surface area contributed by atoms with E-state index >= 15 is 4.39 Å². The maximum absolute atomic E-state index is 17.5. The molecule has 0 aromatic rings. The van der Waals surface area contributed by atoms with Crippen molar-refractivity contribution >= 4 is 23.2 Å². The van der Waals surface area contributed by atoms with Crippen LogP contribution in [0.5, 0.6) is 0 Å². The van der Waals surface area contributed by atoms with Gasteiger partial charge in [0.25, 0.3) is 0 Å². The molecule has 9 atom stereocenters. The first-order valence-corrected chi connectivity index (χ1v) is 14.9. The first-order valence-electron chi connectivity index (χ1n) is 14.9. The van der Waals surface area contributed by atoms with Crippen LogP contribution in [-0.4, -0.2) is 57.4 Å². The standard InChI is InChI=1S/C32H46FNO6/c1-6-25(35)19(2)7-12-28(38)40-18-27(37)32(39)20(3)15-22-10-8-21-9-11-23-16-24(34)13-14-29(23,4)31(21,33)26(36)17-30(22,32)5/h13-14,16,19-22,26,34,36,39H,6-12,15,17-18H2,1-5H3/t19?,20-,21+,22-,26+,29+,30+,31+,32+/m1/s1. The molecule has 3 N–H and O–H groups in total. The summed E-state index contributed by atoms with van der Waals surface area (Å²) in [4.78, 5) is 37.8. The topological polar surface area (TPSA) is 125 Å². The number of aliphatic hydroxyl groups is 2. The Bertz CT molecular complexity index is 1130. The number of Topliss-reactive ketones (excluding diaryl/α,β-unsaturated/α-hetero) is 2. The van der Waals surface area contributed by atoms with Crippen molar-refractivity contribution in [1.82, 2.24) is 0 Å². The normalized spacial score (nSPS) is 41.5. The average molecular weight is 560 g/mol. The molecule has 4 aliphatic rings. The van der Waals surface area contributed by atoms with Crippen LogP contribution in [0.3, 0.4) is 0 Å². The number of hydrogen-bond donors (Lipinski definition) is 3. The lowest BCUT2D eigenvalue weighted by atomic mass is 9.50. The first kappa shape index (κ1) is 30.8. The van der Waals surface area contributed by atoms with Crippen molar-refractivity contribution in [1.29, 1.82) is 5.41 Å². The molecule has 0 heterocycles.